The van der Waals surface area contributed by atoms with Crippen LogP contribution < -0.4 is 0 Å². The lowest BCUT2D eigenvalue weighted by Crippen LogP contribution is -1.99. The molecular formula is C9H7BrClN3. The van der Waals surface area contributed by atoms with E-state index in [0.29, 0.717) is 10.8 Å². The second kappa shape index (κ2) is 3.71. The summed E-state index contributed by atoms with van der Waals surface area (Å²) in [7, 11) is 0. The highest BCUT2D eigenvalue weighted by Gasteiger charge is 2.06. The second-order valence-corrected chi connectivity index (χ2v) is 4.13. The van der Waals surface area contributed by atoms with E-state index in [0.717, 1.165) is 10.3 Å². The van der Waals surface area contributed by atoms with E-state index < -0.39 is 0 Å². The van der Waals surface area contributed by atoms with Gasteiger partial charge in [0.2, 0.25) is 0 Å². The number of hydrogen-bond acceptors (Lipinski definition) is 2. The molecule has 0 aromatic carbocycles. The molecule has 0 N–H and O–H groups in total. The lowest BCUT2D eigenvalue weighted by molar-refractivity contribution is 0.931. The molecule has 72 valence electrons. The molecule has 3 nitrogen and oxygen atoms in total. The van der Waals surface area contributed by atoms with Crippen LogP contribution >= 0.6 is 27.5 Å². The van der Waals surface area contributed by atoms with Gasteiger partial charge in [0.05, 0.1) is 5.02 Å². The maximum atomic E-state index is 6.05. The first kappa shape index (κ1) is 9.68. The molecule has 2 aromatic rings. The molecule has 14 heavy (non-hydrogen) atoms. The summed E-state index contributed by atoms with van der Waals surface area (Å²) in [4.78, 5) is 8.33. The third-order valence-corrected chi connectivity index (χ3v) is 2.55. The molecule has 0 unspecified atom stereocenters. The van der Waals surface area contributed by atoms with Crippen molar-refractivity contribution >= 4 is 27.5 Å². The summed E-state index contributed by atoms with van der Waals surface area (Å²) in [5.41, 5.74) is 0. The van der Waals surface area contributed by atoms with Gasteiger partial charge in [-0.15, -0.1) is 0 Å². The molecule has 5 heteroatoms. The number of hydrogen-bond donors (Lipinski definition) is 0. The number of imidazole rings is 1. The Bertz CT molecular complexity index is 467. The fourth-order valence-electron chi connectivity index (χ4n) is 1.19. The van der Waals surface area contributed by atoms with E-state index in [1.807, 2.05) is 23.8 Å². The van der Waals surface area contributed by atoms with Crippen LogP contribution in [0.1, 0.15) is 5.82 Å². The first-order chi connectivity index (χ1) is 6.68. The minimum absolute atomic E-state index is 0.598. The molecule has 0 aliphatic heterocycles. The highest BCUT2D eigenvalue weighted by Crippen LogP contribution is 2.22. The van der Waals surface area contributed by atoms with Crippen molar-refractivity contribution in [2.45, 2.75) is 6.92 Å². The van der Waals surface area contributed by atoms with Gasteiger partial charge in [0.15, 0.2) is 5.82 Å². The first-order valence-electron chi connectivity index (χ1n) is 4.00. The summed E-state index contributed by atoms with van der Waals surface area (Å²) >= 11 is 9.36. The van der Waals surface area contributed by atoms with Gasteiger partial charge in [0, 0.05) is 23.1 Å². The summed E-state index contributed by atoms with van der Waals surface area (Å²) in [6.45, 7) is 1.90. The number of aryl methyl sites for hydroxylation is 1. The number of nitrogens with zero attached hydrogens (tertiary/aromatic N) is 3. The average Bonchev–Trinajstić information content (AvgIpc) is 2.52. The molecule has 2 heterocycles. The maximum absolute atomic E-state index is 6.05. The largest absolute Gasteiger partial charge is 0.287 e. The summed E-state index contributed by atoms with van der Waals surface area (Å²) < 4.78 is 2.71. The van der Waals surface area contributed by atoms with Crippen LogP contribution in [0.5, 0.6) is 0 Å². The Morgan fingerprint density at radius 1 is 1.43 bits per heavy atom. The van der Waals surface area contributed by atoms with Crippen molar-refractivity contribution in [3.63, 3.8) is 0 Å². The van der Waals surface area contributed by atoms with Crippen LogP contribution in [-0.4, -0.2) is 14.5 Å². The van der Waals surface area contributed by atoms with Crippen LogP contribution in [-0.2, 0) is 0 Å². The van der Waals surface area contributed by atoms with Gasteiger partial charge >= 0.3 is 0 Å². The molecule has 0 aliphatic rings. The van der Waals surface area contributed by atoms with Gasteiger partial charge in [-0.1, -0.05) is 11.6 Å². The van der Waals surface area contributed by atoms with Gasteiger partial charge in [-0.3, -0.25) is 4.57 Å². The van der Waals surface area contributed by atoms with Gasteiger partial charge < -0.3 is 0 Å². The van der Waals surface area contributed by atoms with Crippen LogP contribution in [0.15, 0.2) is 29.1 Å². The molecule has 0 atom stereocenters. The summed E-state index contributed by atoms with van der Waals surface area (Å²) in [5, 5.41) is 0.598. The Labute approximate surface area is 94.9 Å². The Hall–Kier alpha value is -0.870. The summed E-state index contributed by atoms with van der Waals surface area (Å²) in [6, 6.07) is 1.81. The fourth-order valence-corrected chi connectivity index (χ4v) is 1.91. The molecular weight excluding hydrogens is 265 g/mol. The molecule has 0 fully saturated rings. The monoisotopic (exact) mass is 271 g/mol. The van der Waals surface area contributed by atoms with Crippen molar-refractivity contribution < 1.29 is 0 Å². The first-order valence-corrected chi connectivity index (χ1v) is 5.17. The third kappa shape index (κ3) is 1.67. The van der Waals surface area contributed by atoms with Crippen molar-refractivity contribution in [1.82, 2.24) is 14.5 Å². The van der Waals surface area contributed by atoms with Crippen molar-refractivity contribution in [3.8, 4) is 5.82 Å². The van der Waals surface area contributed by atoms with Gasteiger partial charge in [-0.2, -0.15) is 0 Å². The Morgan fingerprint density at radius 3 is 2.79 bits per heavy atom. The van der Waals surface area contributed by atoms with E-state index >= 15 is 0 Å². The average molecular weight is 273 g/mol. The van der Waals surface area contributed by atoms with E-state index in [1.165, 1.54) is 0 Å². The minimum Gasteiger partial charge on any atom is -0.287 e. The zero-order valence-corrected chi connectivity index (χ0v) is 9.75. The molecule has 0 radical (unpaired) electrons. The van der Waals surface area contributed by atoms with Crippen LogP contribution in [0.4, 0.5) is 0 Å². The number of aromatic nitrogens is 3. The molecule has 0 bridgehead atoms. The lowest BCUT2D eigenvalue weighted by atomic mass is 10.4. The molecule has 0 saturated heterocycles. The number of halogens is 2. The SMILES string of the molecule is Cc1nccn1-c1ncc(Br)cc1Cl. The van der Waals surface area contributed by atoms with Crippen molar-refractivity contribution in [1.29, 1.82) is 0 Å². The van der Waals surface area contributed by atoms with E-state index in [1.54, 1.807) is 12.4 Å². The van der Waals surface area contributed by atoms with Crippen LogP contribution in [0, 0.1) is 6.92 Å². The Kier molecular flexibility index (Phi) is 2.56. The molecule has 0 aliphatic carbocycles. The highest BCUT2D eigenvalue weighted by molar-refractivity contribution is 9.10. The second-order valence-electron chi connectivity index (χ2n) is 2.80. The van der Waals surface area contributed by atoms with Crippen molar-refractivity contribution in [2.75, 3.05) is 0 Å². The quantitative estimate of drug-likeness (QED) is 0.799. The van der Waals surface area contributed by atoms with Crippen molar-refractivity contribution in [3.05, 3.63) is 40.0 Å². The predicted molar refractivity (Wildman–Crippen MR) is 58.8 cm³/mol. The molecule has 0 saturated carbocycles. The predicted octanol–water partition coefficient (Wildman–Crippen LogP) is 2.99. The summed E-state index contributed by atoms with van der Waals surface area (Å²) in [6.07, 6.45) is 5.26. The molecule has 0 amide bonds. The summed E-state index contributed by atoms with van der Waals surface area (Å²) in [5.74, 6) is 1.56. The topological polar surface area (TPSA) is 30.7 Å². The maximum Gasteiger partial charge on any atom is 0.156 e. The third-order valence-electron chi connectivity index (χ3n) is 1.84. The van der Waals surface area contributed by atoms with Crippen LogP contribution in [0.3, 0.4) is 0 Å². The standard InChI is InChI=1S/C9H7BrClN3/c1-6-12-2-3-14(6)9-8(11)4-7(10)5-13-9/h2-5H,1H3. The molecule has 0 spiro atoms. The molecule has 2 aromatic heterocycles. The van der Waals surface area contributed by atoms with Crippen LogP contribution in [0.25, 0.3) is 5.82 Å². The normalized spacial score (nSPS) is 10.5. The Morgan fingerprint density at radius 2 is 2.21 bits per heavy atom. The minimum atomic E-state index is 0.598. The van der Waals surface area contributed by atoms with Gasteiger partial charge in [0.25, 0.3) is 0 Å². The number of rotatable bonds is 1. The van der Waals surface area contributed by atoms with Gasteiger partial charge in [-0.25, -0.2) is 9.97 Å². The van der Waals surface area contributed by atoms with E-state index in [9.17, 15) is 0 Å². The van der Waals surface area contributed by atoms with Gasteiger partial charge in [-0.05, 0) is 28.9 Å². The molecule has 2 rings (SSSR count). The van der Waals surface area contributed by atoms with E-state index in [-0.39, 0.29) is 0 Å². The Balaban J connectivity index is 2.58. The smallest absolute Gasteiger partial charge is 0.156 e. The highest BCUT2D eigenvalue weighted by atomic mass is 79.9. The lowest BCUT2D eigenvalue weighted by Gasteiger charge is -2.05. The van der Waals surface area contributed by atoms with E-state index in [2.05, 4.69) is 25.9 Å². The van der Waals surface area contributed by atoms with Crippen LogP contribution in [0.2, 0.25) is 5.02 Å². The van der Waals surface area contributed by atoms with Crippen molar-refractivity contribution in [2.24, 2.45) is 0 Å². The zero-order valence-electron chi connectivity index (χ0n) is 7.41. The fraction of sp³-hybridized carbons (Fsp3) is 0.111. The van der Waals surface area contributed by atoms with Gasteiger partial charge in [0.1, 0.15) is 5.82 Å². The van der Waals surface area contributed by atoms with E-state index in [4.69, 9.17) is 11.6 Å². The zero-order chi connectivity index (χ0) is 10.1. The number of pyridine rings is 1.